The first-order valence-corrected chi connectivity index (χ1v) is 5.01. The lowest BCUT2D eigenvalue weighted by molar-refractivity contribution is -0.124. The van der Waals surface area contributed by atoms with E-state index in [4.69, 9.17) is 4.74 Å². The molecule has 1 heterocycles. The molecule has 1 atom stereocenters. The summed E-state index contributed by atoms with van der Waals surface area (Å²) in [5.74, 6) is 1.10. The predicted molar refractivity (Wildman–Crippen MR) is 58.1 cm³/mol. The second-order valence-corrected chi connectivity index (χ2v) is 3.52. The number of nitrogens with zero attached hydrogens (tertiary/aromatic N) is 1. The molecular weight excluding hydrogens is 198 g/mol. The van der Waals surface area contributed by atoms with Gasteiger partial charge in [0.2, 0.25) is 0 Å². The van der Waals surface area contributed by atoms with Gasteiger partial charge in [0.1, 0.15) is 5.75 Å². The van der Waals surface area contributed by atoms with Gasteiger partial charge in [0, 0.05) is 12.8 Å². The van der Waals surface area contributed by atoms with E-state index in [-0.39, 0.29) is 5.91 Å². The molecule has 0 radical (unpaired) electrons. The SMILES string of the molecule is CN1C(=O)C(CS)Oc2ccccc21. The highest BCUT2D eigenvalue weighted by atomic mass is 32.1. The molecule has 1 aliphatic heterocycles. The molecule has 1 aromatic rings. The van der Waals surface area contributed by atoms with Crippen molar-refractivity contribution >= 4 is 24.2 Å². The summed E-state index contributed by atoms with van der Waals surface area (Å²) in [5.41, 5.74) is 0.815. The molecule has 1 aliphatic rings. The standard InChI is InChI=1S/C10H11NO2S/c1-11-7-4-2-3-5-8(7)13-9(6-14)10(11)12/h2-5,9,14H,6H2,1H3. The third-order valence-corrected chi connectivity index (χ3v) is 2.60. The molecule has 74 valence electrons. The van der Waals surface area contributed by atoms with Crippen molar-refractivity contribution in [3.63, 3.8) is 0 Å². The maximum Gasteiger partial charge on any atom is 0.268 e. The average molecular weight is 209 g/mol. The fourth-order valence-electron chi connectivity index (χ4n) is 1.49. The average Bonchev–Trinajstić information content (AvgIpc) is 2.23. The molecule has 0 aliphatic carbocycles. The van der Waals surface area contributed by atoms with E-state index in [9.17, 15) is 4.79 Å². The Bertz CT molecular complexity index is 367. The number of amides is 1. The molecule has 0 N–H and O–H groups in total. The monoisotopic (exact) mass is 209 g/mol. The zero-order valence-electron chi connectivity index (χ0n) is 7.80. The molecule has 0 saturated heterocycles. The fraction of sp³-hybridized carbons (Fsp3) is 0.300. The van der Waals surface area contributed by atoms with E-state index in [0.29, 0.717) is 5.75 Å². The first-order valence-electron chi connectivity index (χ1n) is 4.38. The van der Waals surface area contributed by atoms with E-state index < -0.39 is 6.10 Å². The number of thiol groups is 1. The van der Waals surface area contributed by atoms with Crippen molar-refractivity contribution in [1.29, 1.82) is 0 Å². The Balaban J connectivity index is 2.42. The second-order valence-electron chi connectivity index (χ2n) is 3.15. The van der Waals surface area contributed by atoms with Crippen molar-refractivity contribution in [2.45, 2.75) is 6.10 Å². The van der Waals surface area contributed by atoms with Gasteiger partial charge in [-0.3, -0.25) is 4.79 Å². The quantitative estimate of drug-likeness (QED) is 0.707. The second kappa shape index (κ2) is 3.53. The van der Waals surface area contributed by atoms with Crippen LogP contribution in [0.15, 0.2) is 24.3 Å². The van der Waals surface area contributed by atoms with Gasteiger partial charge in [-0.25, -0.2) is 0 Å². The van der Waals surface area contributed by atoms with Crippen LogP contribution in [0, 0.1) is 0 Å². The van der Waals surface area contributed by atoms with Gasteiger partial charge in [0.05, 0.1) is 5.69 Å². The summed E-state index contributed by atoms with van der Waals surface area (Å²) in [7, 11) is 1.75. The molecule has 1 unspecified atom stereocenters. The van der Waals surface area contributed by atoms with Crippen LogP contribution in [0.2, 0.25) is 0 Å². The lowest BCUT2D eigenvalue weighted by atomic mass is 10.2. The van der Waals surface area contributed by atoms with Crippen LogP contribution in [0.25, 0.3) is 0 Å². The smallest absolute Gasteiger partial charge is 0.268 e. The zero-order valence-corrected chi connectivity index (χ0v) is 8.70. The van der Waals surface area contributed by atoms with Crippen LogP contribution < -0.4 is 9.64 Å². The number of benzene rings is 1. The highest BCUT2D eigenvalue weighted by molar-refractivity contribution is 7.80. The first kappa shape index (κ1) is 9.40. The van der Waals surface area contributed by atoms with E-state index in [2.05, 4.69) is 12.6 Å². The van der Waals surface area contributed by atoms with Crippen molar-refractivity contribution < 1.29 is 9.53 Å². The summed E-state index contributed by atoms with van der Waals surface area (Å²) in [6.45, 7) is 0. The number of likely N-dealkylation sites (N-methyl/N-ethyl adjacent to an activating group) is 1. The number of carbonyl (C=O) groups is 1. The lowest BCUT2D eigenvalue weighted by Crippen LogP contribution is -2.44. The van der Waals surface area contributed by atoms with E-state index in [1.807, 2.05) is 24.3 Å². The fourth-order valence-corrected chi connectivity index (χ4v) is 1.72. The number of rotatable bonds is 1. The van der Waals surface area contributed by atoms with E-state index in [1.165, 1.54) is 0 Å². The molecule has 1 aromatic carbocycles. The Kier molecular flexibility index (Phi) is 2.37. The van der Waals surface area contributed by atoms with Crippen LogP contribution in [0.3, 0.4) is 0 Å². The summed E-state index contributed by atoms with van der Waals surface area (Å²) in [5, 5.41) is 0. The van der Waals surface area contributed by atoms with Crippen LogP contribution in [-0.2, 0) is 4.79 Å². The minimum atomic E-state index is -0.460. The summed E-state index contributed by atoms with van der Waals surface area (Å²) in [4.78, 5) is 13.3. The van der Waals surface area contributed by atoms with Gasteiger partial charge < -0.3 is 9.64 Å². The number of anilines is 1. The van der Waals surface area contributed by atoms with Gasteiger partial charge in [-0.15, -0.1) is 0 Å². The maximum atomic E-state index is 11.7. The van der Waals surface area contributed by atoms with E-state index in [0.717, 1.165) is 11.4 Å². The zero-order chi connectivity index (χ0) is 10.1. The van der Waals surface area contributed by atoms with Crippen LogP contribution in [0.4, 0.5) is 5.69 Å². The minimum Gasteiger partial charge on any atom is -0.478 e. The van der Waals surface area contributed by atoms with E-state index >= 15 is 0 Å². The molecule has 0 fully saturated rings. The number of hydrogen-bond donors (Lipinski definition) is 1. The Hall–Kier alpha value is -1.16. The van der Waals surface area contributed by atoms with Gasteiger partial charge in [0.25, 0.3) is 5.91 Å². The van der Waals surface area contributed by atoms with Crippen LogP contribution in [0.1, 0.15) is 0 Å². The van der Waals surface area contributed by atoms with Crippen molar-refractivity contribution in [3.05, 3.63) is 24.3 Å². The highest BCUT2D eigenvalue weighted by Gasteiger charge is 2.30. The molecule has 2 rings (SSSR count). The summed E-state index contributed by atoms with van der Waals surface area (Å²) >= 11 is 4.08. The number of hydrogen-bond acceptors (Lipinski definition) is 3. The van der Waals surface area contributed by atoms with Crippen LogP contribution in [-0.4, -0.2) is 24.8 Å². The van der Waals surface area contributed by atoms with Crippen molar-refractivity contribution in [2.75, 3.05) is 17.7 Å². The third-order valence-electron chi connectivity index (χ3n) is 2.27. The molecular formula is C10H11NO2S. The normalized spacial score (nSPS) is 20.3. The highest BCUT2D eigenvalue weighted by Crippen LogP contribution is 2.32. The first-order chi connectivity index (χ1) is 6.74. The number of carbonyl (C=O) groups excluding carboxylic acids is 1. The molecule has 0 spiro atoms. The molecule has 1 amide bonds. The topological polar surface area (TPSA) is 29.5 Å². The largest absolute Gasteiger partial charge is 0.478 e. The molecule has 3 nitrogen and oxygen atoms in total. The van der Waals surface area contributed by atoms with Crippen LogP contribution in [0.5, 0.6) is 5.75 Å². The minimum absolute atomic E-state index is 0.0429. The molecule has 4 heteroatoms. The number of ether oxygens (including phenoxy) is 1. The van der Waals surface area contributed by atoms with Gasteiger partial charge >= 0.3 is 0 Å². The van der Waals surface area contributed by atoms with E-state index in [1.54, 1.807) is 11.9 Å². The Morgan fingerprint density at radius 2 is 2.21 bits per heavy atom. The van der Waals surface area contributed by atoms with Crippen molar-refractivity contribution in [2.24, 2.45) is 0 Å². The van der Waals surface area contributed by atoms with Gasteiger partial charge in [0.15, 0.2) is 6.10 Å². The van der Waals surface area contributed by atoms with Gasteiger partial charge in [-0.1, -0.05) is 12.1 Å². The van der Waals surface area contributed by atoms with Crippen molar-refractivity contribution in [1.82, 2.24) is 0 Å². The van der Waals surface area contributed by atoms with Gasteiger partial charge in [-0.2, -0.15) is 12.6 Å². The summed E-state index contributed by atoms with van der Waals surface area (Å²) in [6, 6.07) is 7.49. The maximum absolute atomic E-state index is 11.7. The van der Waals surface area contributed by atoms with Gasteiger partial charge in [-0.05, 0) is 12.1 Å². The van der Waals surface area contributed by atoms with Crippen molar-refractivity contribution in [3.8, 4) is 5.75 Å². The Morgan fingerprint density at radius 3 is 2.93 bits per heavy atom. The predicted octanol–water partition coefficient (Wildman–Crippen LogP) is 1.34. The summed E-state index contributed by atoms with van der Waals surface area (Å²) < 4.78 is 5.50. The Morgan fingerprint density at radius 1 is 1.50 bits per heavy atom. The molecule has 0 aromatic heterocycles. The molecule has 0 saturated carbocycles. The lowest BCUT2D eigenvalue weighted by Gasteiger charge is -2.31. The molecule has 14 heavy (non-hydrogen) atoms. The Labute approximate surface area is 88.1 Å². The third kappa shape index (κ3) is 1.35. The number of para-hydroxylation sites is 2. The molecule has 0 bridgehead atoms. The summed E-state index contributed by atoms with van der Waals surface area (Å²) in [6.07, 6.45) is -0.460. The number of fused-ring (bicyclic) bond motifs is 1. The van der Waals surface area contributed by atoms with Crippen LogP contribution >= 0.6 is 12.6 Å².